The number of carbonyl (C=O) groups excluding carboxylic acids is 2. The van der Waals surface area contributed by atoms with Crippen LogP contribution in [0.2, 0.25) is 0 Å². The molecule has 148 valence electrons. The van der Waals surface area contributed by atoms with E-state index in [0.29, 0.717) is 5.56 Å². The molecule has 3 rings (SSSR count). The average Bonchev–Trinajstić information content (AvgIpc) is 2.75. The molecule has 0 unspecified atom stereocenters. The Kier molecular flexibility index (Phi) is 6.74. The van der Waals surface area contributed by atoms with Gasteiger partial charge in [0.25, 0.3) is 5.91 Å². The van der Waals surface area contributed by atoms with E-state index < -0.39 is 24.4 Å². The van der Waals surface area contributed by atoms with Crippen molar-refractivity contribution in [2.45, 2.75) is 12.5 Å². The highest BCUT2D eigenvalue weighted by Crippen LogP contribution is 2.26. The Morgan fingerprint density at radius 2 is 1.38 bits per heavy atom. The van der Waals surface area contributed by atoms with E-state index in [0.717, 1.165) is 11.1 Å². The molecule has 0 spiro atoms. The van der Waals surface area contributed by atoms with Crippen LogP contribution >= 0.6 is 0 Å². The number of likely N-dealkylation sites (N-methyl/N-ethyl adjacent to an activating group) is 1. The topological polar surface area (TPSA) is 46.6 Å². The second-order valence-electron chi connectivity index (χ2n) is 6.70. The maximum absolute atomic E-state index is 13.8. The van der Waals surface area contributed by atoms with Crippen LogP contribution in [0.3, 0.4) is 0 Å². The maximum atomic E-state index is 13.8. The van der Waals surface area contributed by atoms with Gasteiger partial charge in [0, 0.05) is 19.2 Å². The van der Waals surface area contributed by atoms with Crippen molar-refractivity contribution < 1.29 is 18.7 Å². The largest absolute Gasteiger partial charge is 0.455 e. The fraction of sp³-hybridized carbons (Fsp3) is 0.167. The Morgan fingerprint density at radius 3 is 1.93 bits per heavy atom. The van der Waals surface area contributed by atoms with E-state index in [1.807, 2.05) is 60.7 Å². The molecule has 3 aromatic rings. The SMILES string of the molecule is CN(Cc1ccccc1F)C(=O)COC(=O)C(c1ccccc1)c1ccccc1. The normalized spacial score (nSPS) is 10.6. The highest BCUT2D eigenvalue weighted by molar-refractivity contribution is 5.85. The number of benzene rings is 3. The average molecular weight is 391 g/mol. The van der Waals surface area contributed by atoms with E-state index in [-0.39, 0.29) is 12.4 Å². The zero-order valence-corrected chi connectivity index (χ0v) is 16.1. The molecule has 0 aliphatic rings. The lowest BCUT2D eigenvalue weighted by Gasteiger charge is -2.20. The predicted molar refractivity (Wildman–Crippen MR) is 109 cm³/mol. The zero-order valence-electron chi connectivity index (χ0n) is 16.1. The summed E-state index contributed by atoms with van der Waals surface area (Å²) in [6.45, 7) is -0.302. The molecule has 0 saturated heterocycles. The summed E-state index contributed by atoms with van der Waals surface area (Å²) in [5.41, 5.74) is 1.98. The summed E-state index contributed by atoms with van der Waals surface area (Å²) < 4.78 is 19.1. The summed E-state index contributed by atoms with van der Waals surface area (Å²) in [6, 6.07) is 24.8. The van der Waals surface area contributed by atoms with Crippen molar-refractivity contribution in [1.82, 2.24) is 4.90 Å². The van der Waals surface area contributed by atoms with Crippen LogP contribution in [0.1, 0.15) is 22.6 Å². The lowest BCUT2D eigenvalue weighted by Crippen LogP contribution is -2.32. The van der Waals surface area contributed by atoms with Crippen molar-refractivity contribution in [3.8, 4) is 0 Å². The van der Waals surface area contributed by atoms with Gasteiger partial charge in [0.15, 0.2) is 6.61 Å². The van der Waals surface area contributed by atoms with Gasteiger partial charge in [-0.3, -0.25) is 9.59 Å². The number of nitrogens with zero attached hydrogens (tertiary/aromatic N) is 1. The monoisotopic (exact) mass is 391 g/mol. The summed E-state index contributed by atoms with van der Waals surface area (Å²) >= 11 is 0. The Morgan fingerprint density at radius 1 is 0.862 bits per heavy atom. The minimum atomic E-state index is -0.623. The van der Waals surface area contributed by atoms with Crippen molar-refractivity contribution in [1.29, 1.82) is 0 Å². The molecule has 4 nitrogen and oxygen atoms in total. The molecular formula is C24H22FNO3. The number of hydrogen-bond acceptors (Lipinski definition) is 3. The Balaban J connectivity index is 1.67. The van der Waals surface area contributed by atoms with Gasteiger partial charge in [-0.1, -0.05) is 78.9 Å². The summed E-state index contributed by atoms with van der Waals surface area (Å²) in [7, 11) is 1.55. The van der Waals surface area contributed by atoms with Crippen molar-refractivity contribution in [2.24, 2.45) is 0 Å². The first-order valence-corrected chi connectivity index (χ1v) is 9.30. The Bertz CT molecular complexity index is 921. The molecule has 1 amide bonds. The fourth-order valence-electron chi connectivity index (χ4n) is 3.05. The standard InChI is InChI=1S/C24H22FNO3/c1-26(16-20-14-8-9-15-21(20)25)22(27)17-29-24(28)23(18-10-4-2-5-11-18)19-12-6-3-7-13-19/h2-15,23H,16-17H2,1H3. The molecule has 0 aliphatic heterocycles. The Hall–Kier alpha value is -3.47. The molecule has 0 radical (unpaired) electrons. The van der Waals surface area contributed by atoms with E-state index in [4.69, 9.17) is 4.74 Å². The number of amides is 1. The van der Waals surface area contributed by atoms with Gasteiger partial charge in [0.1, 0.15) is 11.7 Å². The number of halogens is 1. The predicted octanol–water partition coefficient (Wildman–Crippen LogP) is 4.16. The minimum Gasteiger partial charge on any atom is -0.455 e. The van der Waals surface area contributed by atoms with Crippen molar-refractivity contribution in [2.75, 3.05) is 13.7 Å². The number of carbonyl (C=O) groups is 2. The summed E-state index contributed by atoms with van der Waals surface area (Å²) in [4.78, 5) is 26.6. The second-order valence-corrected chi connectivity index (χ2v) is 6.70. The summed E-state index contributed by atoms with van der Waals surface area (Å²) in [6.07, 6.45) is 0. The van der Waals surface area contributed by atoms with E-state index in [9.17, 15) is 14.0 Å². The van der Waals surface area contributed by atoms with Crippen LogP contribution in [0, 0.1) is 5.82 Å². The highest BCUT2D eigenvalue weighted by atomic mass is 19.1. The van der Waals surface area contributed by atoms with Gasteiger partial charge in [-0.25, -0.2) is 4.39 Å². The zero-order chi connectivity index (χ0) is 20.6. The van der Waals surface area contributed by atoms with E-state index in [2.05, 4.69) is 0 Å². The van der Waals surface area contributed by atoms with Crippen LogP contribution in [0.15, 0.2) is 84.9 Å². The van der Waals surface area contributed by atoms with Crippen molar-refractivity contribution in [3.63, 3.8) is 0 Å². The van der Waals surface area contributed by atoms with Gasteiger partial charge < -0.3 is 9.64 Å². The van der Waals surface area contributed by atoms with Gasteiger partial charge >= 0.3 is 5.97 Å². The number of hydrogen-bond donors (Lipinski definition) is 0. The lowest BCUT2D eigenvalue weighted by molar-refractivity contribution is -0.152. The fourth-order valence-corrected chi connectivity index (χ4v) is 3.05. The molecule has 0 saturated carbocycles. The quantitative estimate of drug-likeness (QED) is 0.568. The Labute approximate surface area is 169 Å². The molecule has 0 heterocycles. The van der Waals surface area contributed by atoms with Gasteiger partial charge in [-0.05, 0) is 17.2 Å². The molecule has 0 aliphatic carbocycles. The third-order valence-corrected chi connectivity index (χ3v) is 4.63. The number of esters is 1. The third-order valence-electron chi connectivity index (χ3n) is 4.63. The van der Waals surface area contributed by atoms with Gasteiger partial charge in [-0.2, -0.15) is 0 Å². The molecule has 5 heteroatoms. The summed E-state index contributed by atoms with van der Waals surface area (Å²) in [5.74, 6) is -1.91. The third kappa shape index (κ3) is 5.29. The number of rotatable bonds is 7. The molecule has 3 aromatic carbocycles. The van der Waals surface area contributed by atoms with Crippen LogP contribution < -0.4 is 0 Å². The van der Waals surface area contributed by atoms with Crippen molar-refractivity contribution in [3.05, 3.63) is 107 Å². The molecule has 0 atom stereocenters. The molecule has 0 aromatic heterocycles. The van der Waals surface area contributed by atoms with Crippen LogP contribution in [-0.4, -0.2) is 30.4 Å². The summed E-state index contributed by atoms with van der Waals surface area (Å²) in [5, 5.41) is 0. The van der Waals surface area contributed by atoms with E-state index >= 15 is 0 Å². The van der Waals surface area contributed by atoms with Gasteiger partial charge in [-0.15, -0.1) is 0 Å². The molecule has 0 fully saturated rings. The first-order valence-electron chi connectivity index (χ1n) is 9.30. The lowest BCUT2D eigenvalue weighted by atomic mass is 9.91. The van der Waals surface area contributed by atoms with Gasteiger partial charge in [0.05, 0.1) is 0 Å². The first-order chi connectivity index (χ1) is 14.1. The molecule has 0 N–H and O–H groups in total. The maximum Gasteiger partial charge on any atom is 0.318 e. The smallest absolute Gasteiger partial charge is 0.318 e. The first kappa shape index (κ1) is 20.3. The van der Waals surface area contributed by atoms with Crippen LogP contribution in [-0.2, 0) is 20.9 Å². The van der Waals surface area contributed by atoms with Crippen LogP contribution in [0.5, 0.6) is 0 Å². The highest BCUT2D eigenvalue weighted by Gasteiger charge is 2.25. The molecule has 0 bridgehead atoms. The molecular weight excluding hydrogens is 369 g/mol. The molecule has 29 heavy (non-hydrogen) atoms. The van der Waals surface area contributed by atoms with Gasteiger partial charge in [0.2, 0.25) is 0 Å². The van der Waals surface area contributed by atoms with E-state index in [1.54, 1.807) is 25.2 Å². The van der Waals surface area contributed by atoms with E-state index in [1.165, 1.54) is 11.0 Å². The minimum absolute atomic E-state index is 0.101. The second kappa shape index (κ2) is 9.64. The van der Waals surface area contributed by atoms with Crippen LogP contribution in [0.25, 0.3) is 0 Å². The van der Waals surface area contributed by atoms with Crippen LogP contribution in [0.4, 0.5) is 4.39 Å². The number of ether oxygens (including phenoxy) is 1. The van der Waals surface area contributed by atoms with Crippen molar-refractivity contribution >= 4 is 11.9 Å².